The van der Waals surface area contributed by atoms with Crippen molar-refractivity contribution in [1.82, 2.24) is 9.88 Å². The van der Waals surface area contributed by atoms with E-state index in [0.29, 0.717) is 0 Å². The van der Waals surface area contributed by atoms with E-state index in [-0.39, 0.29) is 11.9 Å². The zero-order chi connectivity index (χ0) is 16.5. The highest BCUT2D eigenvalue weighted by molar-refractivity contribution is 5.95. The van der Waals surface area contributed by atoms with Crippen LogP contribution in [0.4, 0.5) is 5.69 Å². The maximum absolute atomic E-state index is 12.1. The summed E-state index contributed by atoms with van der Waals surface area (Å²) in [5.74, 6) is 0.0611. The second-order valence-electron chi connectivity index (χ2n) is 6.42. The molecule has 0 saturated carbocycles. The molecule has 1 fully saturated rings. The van der Waals surface area contributed by atoms with E-state index in [1.807, 2.05) is 12.1 Å². The van der Waals surface area contributed by atoms with Crippen molar-refractivity contribution in [1.29, 1.82) is 0 Å². The maximum Gasteiger partial charge on any atom is 0.241 e. The van der Waals surface area contributed by atoms with Crippen LogP contribution in [0.5, 0.6) is 0 Å². The summed E-state index contributed by atoms with van der Waals surface area (Å²) >= 11 is 0. The van der Waals surface area contributed by atoms with Crippen LogP contribution in [0.25, 0.3) is 22.0 Å². The number of nitrogens with one attached hydrogen (secondary N) is 2. The van der Waals surface area contributed by atoms with Gasteiger partial charge in [-0.15, -0.1) is 0 Å². The Balaban J connectivity index is 1.52. The van der Waals surface area contributed by atoms with Gasteiger partial charge in [0, 0.05) is 29.8 Å². The number of hydrogen-bond donors (Lipinski definition) is 2. The van der Waals surface area contributed by atoms with Crippen LogP contribution in [0.3, 0.4) is 0 Å². The van der Waals surface area contributed by atoms with Gasteiger partial charge in [0.05, 0.1) is 6.04 Å². The Hall–Kier alpha value is -2.59. The topological polar surface area (TPSA) is 46.1 Å². The first-order valence-electron chi connectivity index (χ1n) is 8.40. The number of carbonyl (C=O) groups excluding carboxylic acids is 1. The highest BCUT2D eigenvalue weighted by Gasteiger charge is 2.21. The largest absolute Gasteiger partial charge is 0.351 e. The lowest BCUT2D eigenvalue weighted by atomic mass is 10.0. The number of aromatic nitrogens is 1. The van der Waals surface area contributed by atoms with Crippen molar-refractivity contribution in [3.8, 4) is 11.1 Å². The van der Waals surface area contributed by atoms with Crippen molar-refractivity contribution >= 4 is 22.5 Å². The molecule has 3 aromatic rings. The molecule has 2 aromatic carbocycles. The van der Waals surface area contributed by atoms with Crippen molar-refractivity contribution < 1.29 is 4.79 Å². The quantitative estimate of drug-likeness (QED) is 0.776. The smallest absolute Gasteiger partial charge is 0.241 e. The van der Waals surface area contributed by atoms with E-state index in [0.717, 1.165) is 30.6 Å². The average molecular weight is 319 g/mol. The van der Waals surface area contributed by atoms with Crippen LogP contribution < -0.4 is 10.6 Å². The molecule has 2 heterocycles. The number of benzene rings is 2. The number of fused-ring (bicyclic) bond motifs is 1. The summed E-state index contributed by atoms with van der Waals surface area (Å²) in [5, 5.41) is 7.45. The summed E-state index contributed by atoms with van der Waals surface area (Å²) in [7, 11) is 2.05. The van der Waals surface area contributed by atoms with E-state index in [1.165, 1.54) is 16.5 Å². The fourth-order valence-corrected chi connectivity index (χ4v) is 3.34. The molecule has 0 bridgehead atoms. The molecular formula is C20H21N3O. The summed E-state index contributed by atoms with van der Waals surface area (Å²) in [5.41, 5.74) is 4.41. The van der Waals surface area contributed by atoms with Crippen LogP contribution in [0.2, 0.25) is 0 Å². The highest BCUT2D eigenvalue weighted by Crippen LogP contribution is 2.26. The second kappa shape index (κ2) is 6.13. The van der Waals surface area contributed by atoms with Gasteiger partial charge in [-0.25, -0.2) is 0 Å². The molecule has 2 N–H and O–H groups in total. The van der Waals surface area contributed by atoms with E-state index in [9.17, 15) is 4.79 Å². The fraction of sp³-hybridized carbons (Fsp3) is 0.250. The number of carbonyl (C=O) groups is 1. The first-order chi connectivity index (χ1) is 11.7. The molecule has 0 radical (unpaired) electrons. The van der Waals surface area contributed by atoms with Crippen molar-refractivity contribution in [3.63, 3.8) is 0 Å². The van der Waals surface area contributed by atoms with Gasteiger partial charge in [-0.2, -0.15) is 0 Å². The Kier molecular flexibility index (Phi) is 3.82. The number of amides is 1. The number of rotatable bonds is 3. The Morgan fingerprint density at radius 1 is 1.12 bits per heavy atom. The van der Waals surface area contributed by atoms with Gasteiger partial charge in [0.2, 0.25) is 5.91 Å². The Bertz CT molecular complexity index is 874. The zero-order valence-electron chi connectivity index (χ0n) is 13.8. The van der Waals surface area contributed by atoms with Crippen molar-refractivity contribution in [2.45, 2.75) is 18.9 Å². The van der Waals surface area contributed by atoms with Gasteiger partial charge in [0.25, 0.3) is 0 Å². The molecule has 4 heteroatoms. The molecule has 1 aliphatic heterocycles. The third-order valence-electron chi connectivity index (χ3n) is 4.75. The number of aryl methyl sites for hydroxylation is 1. The van der Waals surface area contributed by atoms with Crippen molar-refractivity contribution in [2.24, 2.45) is 7.05 Å². The Labute approximate surface area is 141 Å². The van der Waals surface area contributed by atoms with Gasteiger partial charge in [-0.1, -0.05) is 18.2 Å². The lowest BCUT2D eigenvalue weighted by Gasteiger charge is -2.11. The third kappa shape index (κ3) is 2.81. The summed E-state index contributed by atoms with van der Waals surface area (Å²) in [4.78, 5) is 12.1. The molecule has 1 atom stereocenters. The molecule has 1 amide bonds. The number of hydrogen-bond acceptors (Lipinski definition) is 2. The van der Waals surface area contributed by atoms with Gasteiger partial charge in [0.1, 0.15) is 0 Å². The SMILES string of the molecule is Cn1ccc2cc(-c3ccc(NC(=O)C4CCCN4)cc3)ccc21. The molecule has 1 unspecified atom stereocenters. The first kappa shape index (κ1) is 15.0. The van der Waals surface area contributed by atoms with E-state index in [1.54, 1.807) is 0 Å². The van der Waals surface area contributed by atoms with Crippen LogP contribution in [-0.2, 0) is 11.8 Å². The zero-order valence-corrected chi connectivity index (χ0v) is 13.8. The highest BCUT2D eigenvalue weighted by atomic mass is 16.2. The van der Waals surface area contributed by atoms with E-state index in [4.69, 9.17) is 0 Å². The van der Waals surface area contributed by atoms with E-state index < -0.39 is 0 Å². The Morgan fingerprint density at radius 3 is 2.67 bits per heavy atom. The number of nitrogens with zero attached hydrogens (tertiary/aromatic N) is 1. The third-order valence-corrected chi connectivity index (χ3v) is 4.75. The van der Waals surface area contributed by atoms with E-state index in [2.05, 4.69) is 64.8 Å². The van der Waals surface area contributed by atoms with Gasteiger partial charge in [0.15, 0.2) is 0 Å². The first-order valence-corrected chi connectivity index (χ1v) is 8.40. The lowest BCUT2D eigenvalue weighted by molar-refractivity contribution is -0.117. The van der Waals surface area contributed by atoms with Crippen LogP contribution in [0, 0.1) is 0 Å². The lowest BCUT2D eigenvalue weighted by Crippen LogP contribution is -2.35. The predicted molar refractivity (Wildman–Crippen MR) is 98.0 cm³/mol. The summed E-state index contributed by atoms with van der Waals surface area (Å²) in [6.45, 7) is 0.930. The molecular weight excluding hydrogens is 298 g/mol. The molecule has 24 heavy (non-hydrogen) atoms. The maximum atomic E-state index is 12.1. The minimum absolute atomic E-state index is 0.0508. The van der Waals surface area contributed by atoms with Gasteiger partial charge in [-0.05, 0) is 60.8 Å². The fourth-order valence-electron chi connectivity index (χ4n) is 3.34. The van der Waals surface area contributed by atoms with Crippen LogP contribution in [0.1, 0.15) is 12.8 Å². The Morgan fingerprint density at radius 2 is 1.92 bits per heavy atom. The van der Waals surface area contributed by atoms with E-state index >= 15 is 0 Å². The standard InChI is InChI=1S/C20H21N3O/c1-23-12-10-16-13-15(6-9-19(16)23)14-4-7-17(8-5-14)22-20(24)18-3-2-11-21-18/h4-10,12-13,18,21H,2-3,11H2,1H3,(H,22,24). The monoisotopic (exact) mass is 319 g/mol. The molecule has 1 saturated heterocycles. The van der Waals surface area contributed by atoms with Crippen LogP contribution in [-0.4, -0.2) is 23.1 Å². The molecule has 0 spiro atoms. The molecule has 0 aliphatic carbocycles. The summed E-state index contributed by atoms with van der Waals surface area (Å²) in [6.07, 6.45) is 4.06. The average Bonchev–Trinajstić information content (AvgIpc) is 3.26. The molecule has 1 aromatic heterocycles. The van der Waals surface area contributed by atoms with Crippen molar-refractivity contribution in [2.75, 3.05) is 11.9 Å². The van der Waals surface area contributed by atoms with Gasteiger partial charge < -0.3 is 15.2 Å². The summed E-state index contributed by atoms with van der Waals surface area (Å²) in [6, 6.07) is 16.6. The number of anilines is 1. The summed E-state index contributed by atoms with van der Waals surface area (Å²) < 4.78 is 2.12. The normalized spacial score (nSPS) is 17.3. The molecule has 4 rings (SSSR count). The minimum atomic E-state index is -0.0508. The van der Waals surface area contributed by atoms with Gasteiger partial charge >= 0.3 is 0 Å². The molecule has 4 nitrogen and oxygen atoms in total. The van der Waals surface area contributed by atoms with Crippen LogP contribution >= 0.6 is 0 Å². The van der Waals surface area contributed by atoms with Gasteiger partial charge in [-0.3, -0.25) is 4.79 Å². The van der Waals surface area contributed by atoms with Crippen molar-refractivity contribution in [3.05, 3.63) is 54.7 Å². The predicted octanol–water partition coefficient (Wildman–Crippen LogP) is 3.54. The second-order valence-corrected chi connectivity index (χ2v) is 6.42. The molecule has 122 valence electrons. The van der Waals surface area contributed by atoms with Crippen LogP contribution in [0.15, 0.2) is 54.7 Å². The molecule has 1 aliphatic rings. The minimum Gasteiger partial charge on any atom is -0.351 e.